The maximum atomic E-state index is 11.6. The molecule has 1 unspecified atom stereocenters. The van der Waals surface area contributed by atoms with Gasteiger partial charge in [0.05, 0.1) is 17.7 Å². The van der Waals surface area contributed by atoms with Crippen LogP contribution >= 0.6 is 0 Å². The predicted molar refractivity (Wildman–Crippen MR) is 72.0 cm³/mol. The van der Waals surface area contributed by atoms with Gasteiger partial charge in [0, 0.05) is 0 Å². The molecule has 0 heterocycles. The van der Waals surface area contributed by atoms with Crippen LogP contribution < -0.4 is 5.32 Å². The molecule has 0 saturated heterocycles. The Morgan fingerprint density at radius 2 is 2.11 bits per heavy atom. The first-order valence-electron chi connectivity index (χ1n) is 5.95. The minimum Gasteiger partial charge on any atom is -0.506 e. The van der Waals surface area contributed by atoms with E-state index in [9.17, 15) is 9.90 Å². The van der Waals surface area contributed by atoms with E-state index in [-0.39, 0.29) is 17.4 Å². The summed E-state index contributed by atoms with van der Waals surface area (Å²) in [5, 5.41) is 21.0. The van der Waals surface area contributed by atoms with E-state index in [0.29, 0.717) is 5.56 Å². The van der Waals surface area contributed by atoms with Gasteiger partial charge < -0.3 is 9.84 Å². The topological polar surface area (TPSA) is 82.4 Å². The predicted octanol–water partition coefficient (Wildman–Crippen LogP) is 3.37. The number of carbonyl (C=O) groups is 1. The number of nitrogens with one attached hydrogen (secondary N) is 1. The quantitative estimate of drug-likeness (QED) is 0.800. The van der Waals surface area contributed by atoms with Gasteiger partial charge in [-0.3, -0.25) is 5.32 Å². The lowest BCUT2D eigenvalue weighted by Crippen LogP contribution is -2.27. The molecular formula is C14H18N2O3. The van der Waals surface area contributed by atoms with E-state index in [0.717, 1.165) is 0 Å². The highest BCUT2D eigenvalue weighted by molar-refractivity contribution is 5.87. The Bertz CT molecular complexity index is 512. The van der Waals surface area contributed by atoms with E-state index in [1.807, 2.05) is 0 Å². The third kappa shape index (κ3) is 4.51. The van der Waals surface area contributed by atoms with Crippen molar-refractivity contribution in [3.05, 3.63) is 23.8 Å². The number of anilines is 1. The van der Waals surface area contributed by atoms with Gasteiger partial charge >= 0.3 is 6.09 Å². The Morgan fingerprint density at radius 1 is 1.47 bits per heavy atom. The molecule has 1 atom stereocenters. The molecule has 0 aliphatic carbocycles. The molecule has 1 rings (SSSR count). The van der Waals surface area contributed by atoms with Crippen molar-refractivity contribution < 1.29 is 14.6 Å². The number of carbonyl (C=O) groups excluding carboxylic acids is 1. The largest absolute Gasteiger partial charge is 0.506 e. The van der Waals surface area contributed by atoms with Crippen LogP contribution in [0.15, 0.2) is 18.2 Å². The van der Waals surface area contributed by atoms with Crippen molar-refractivity contribution in [3.8, 4) is 11.8 Å². The number of hydrogen-bond donors (Lipinski definition) is 2. The molecule has 0 aliphatic heterocycles. The molecule has 5 heteroatoms. The first-order chi connectivity index (χ1) is 8.73. The monoisotopic (exact) mass is 262 g/mol. The second-order valence-corrected chi connectivity index (χ2v) is 5.25. The zero-order valence-corrected chi connectivity index (χ0v) is 11.5. The molecule has 19 heavy (non-hydrogen) atoms. The number of nitriles is 1. The number of benzene rings is 1. The van der Waals surface area contributed by atoms with Crippen LogP contribution in [0.1, 0.15) is 39.2 Å². The average molecular weight is 262 g/mol. The Labute approximate surface area is 112 Å². The molecule has 1 aromatic rings. The summed E-state index contributed by atoms with van der Waals surface area (Å²) >= 11 is 0. The Kier molecular flexibility index (Phi) is 4.38. The van der Waals surface area contributed by atoms with Crippen LogP contribution in [0.25, 0.3) is 0 Å². The highest BCUT2D eigenvalue weighted by atomic mass is 16.6. The Hall–Kier alpha value is -2.22. The summed E-state index contributed by atoms with van der Waals surface area (Å²) in [5.41, 5.74) is 0.331. The van der Waals surface area contributed by atoms with Crippen LogP contribution in [-0.2, 0) is 4.74 Å². The van der Waals surface area contributed by atoms with Gasteiger partial charge in [-0.25, -0.2) is 4.79 Å². The number of rotatable bonds is 2. The van der Waals surface area contributed by atoms with Crippen LogP contribution in [0, 0.1) is 11.3 Å². The van der Waals surface area contributed by atoms with Crippen molar-refractivity contribution >= 4 is 11.8 Å². The molecule has 0 radical (unpaired) electrons. The lowest BCUT2D eigenvalue weighted by molar-refractivity contribution is 0.0635. The molecule has 5 nitrogen and oxygen atoms in total. The maximum Gasteiger partial charge on any atom is 0.412 e. The van der Waals surface area contributed by atoms with E-state index < -0.39 is 11.7 Å². The van der Waals surface area contributed by atoms with E-state index >= 15 is 0 Å². The molecule has 0 saturated carbocycles. The van der Waals surface area contributed by atoms with Crippen LogP contribution in [0.3, 0.4) is 0 Å². The maximum absolute atomic E-state index is 11.6. The number of ether oxygens (including phenoxy) is 1. The second-order valence-electron chi connectivity index (χ2n) is 5.25. The van der Waals surface area contributed by atoms with Crippen molar-refractivity contribution in [2.24, 2.45) is 0 Å². The van der Waals surface area contributed by atoms with Gasteiger partial charge in [-0.15, -0.1) is 0 Å². The average Bonchev–Trinajstić information content (AvgIpc) is 2.28. The highest BCUT2D eigenvalue weighted by Gasteiger charge is 2.17. The third-order valence-electron chi connectivity index (χ3n) is 2.35. The molecule has 1 aromatic carbocycles. The summed E-state index contributed by atoms with van der Waals surface area (Å²) in [5.74, 6) is -0.389. The van der Waals surface area contributed by atoms with E-state index in [1.54, 1.807) is 39.8 Å². The zero-order valence-electron chi connectivity index (χ0n) is 11.5. The number of amides is 1. The molecule has 0 fully saturated rings. The second kappa shape index (κ2) is 5.61. The van der Waals surface area contributed by atoms with Crippen LogP contribution in [0.4, 0.5) is 10.5 Å². The minimum atomic E-state index is -0.649. The fourth-order valence-corrected chi connectivity index (χ4v) is 1.41. The van der Waals surface area contributed by atoms with Crippen molar-refractivity contribution in [1.82, 2.24) is 0 Å². The first kappa shape index (κ1) is 14.8. The lowest BCUT2D eigenvalue weighted by Gasteiger charge is -2.20. The van der Waals surface area contributed by atoms with Crippen LogP contribution in [-0.4, -0.2) is 16.8 Å². The third-order valence-corrected chi connectivity index (χ3v) is 2.35. The smallest absolute Gasteiger partial charge is 0.412 e. The summed E-state index contributed by atoms with van der Waals surface area (Å²) in [4.78, 5) is 11.6. The Morgan fingerprint density at radius 3 is 2.63 bits per heavy atom. The van der Waals surface area contributed by atoms with Crippen molar-refractivity contribution in [2.45, 2.75) is 39.2 Å². The number of phenolic OH excluding ortho intramolecular Hbond substituents is 1. The first-order valence-corrected chi connectivity index (χ1v) is 5.95. The molecule has 1 amide bonds. The summed E-state index contributed by atoms with van der Waals surface area (Å²) in [7, 11) is 0. The minimum absolute atomic E-state index is 0.0697. The van der Waals surface area contributed by atoms with Crippen molar-refractivity contribution in [2.75, 3.05) is 5.32 Å². The van der Waals surface area contributed by atoms with Crippen LogP contribution in [0.2, 0.25) is 0 Å². The van der Waals surface area contributed by atoms with Gasteiger partial charge in [-0.1, -0.05) is 6.07 Å². The molecule has 2 N–H and O–H groups in total. The zero-order chi connectivity index (χ0) is 14.6. The number of phenols is 1. The highest BCUT2D eigenvalue weighted by Crippen LogP contribution is 2.28. The van der Waals surface area contributed by atoms with Crippen molar-refractivity contribution in [3.63, 3.8) is 0 Å². The number of hydrogen-bond acceptors (Lipinski definition) is 4. The fourth-order valence-electron chi connectivity index (χ4n) is 1.41. The number of nitrogens with zero attached hydrogens (tertiary/aromatic N) is 1. The summed E-state index contributed by atoms with van der Waals surface area (Å²) in [6.45, 7) is 6.99. The fraction of sp³-hybridized carbons (Fsp3) is 0.429. The summed E-state index contributed by atoms with van der Waals surface area (Å²) in [6, 6.07) is 6.74. The molecule has 102 valence electrons. The molecule has 0 aromatic heterocycles. The molecule has 0 bridgehead atoms. The standard InChI is InChI=1S/C14H18N2O3/c1-9(8-15)10-5-6-12(17)11(7-10)16-13(18)19-14(2,3)4/h5-7,9,17H,1-4H3,(H,16,18). The van der Waals surface area contributed by atoms with E-state index in [2.05, 4.69) is 11.4 Å². The molecular weight excluding hydrogens is 244 g/mol. The normalized spacial score (nSPS) is 12.4. The van der Waals surface area contributed by atoms with Crippen LogP contribution in [0.5, 0.6) is 5.75 Å². The number of aromatic hydroxyl groups is 1. The SMILES string of the molecule is CC(C#N)c1ccc(O)c(NC(=O)OC(C)(C)C)c1. The van der Waals surface area contributed by atoms with Gasteiger partial charge in [0.25, 0.3) is 0 Å². The van der Waals surface area contributed by atoms with Gasteiger partial charge in [0.1, 0.15) is 11.4 Å². The van der Waals surface area contributed by atoms with Gasteiger partial charge in [0.15, 0.2) is 0 Å². The lowest BCUT2D eigenvalue weighted by atomic mass is 10.0. The van der Waals surface area contributed by atoms with Gasteiger partial charge in [0.2, 0.25) is 0 Å². The van der Waals surface area contributed by atoms with Gasteiger partial charge in [-0.05, 0) is 45.4 Å². The summed E-state index contributed by atoms with van der Waals surface area (Å²) < 4.78 is 5.10. The molecule has 0 aliphatic rings. The summed E-state index contributed by atoms with van der Waals surface area (Å²) in [6.07, 6.45) is -0.649. The van der Waals surface area contributed by atoms with E-state index in [4.69, 9.17) is 10.00 Å². The van der Waals surface area contributed by atoms with Crippen molar-refractivity contribution in [1.29, 1.82) is 5.26 Å². The van der Waals surface area contributed by atoms with E-state index in [1.165, 1.54) is 6.07 Å². The van der Waals surface area contributed by atoms with Gasteiger partial charge in [-0.2, -0.15) is 5.26 Å². The Balaban J connectivity index is 2.89. The molecule has 0 spiro atoms.